The summed E-state index contributed by atoms with van der Waals surface area (Å²) in [6, 6.07) is 4.24. The first kappa shape index (κ1) is 11.3. The van der Waals surface area contributed by atoms with Crippen molar-refractivity contribution >= 4 is 17.5 Å². The van der Waals surface area contributed by atoms with E-state index in [1.54, 1.807) is 6.08 Å². The molecule has 0 bridgehead atoms. The maximum absolute atomic E-state index is 11.0. The summed E-state index contributed by atoms with van der Waals surface area (Å²) in [5, 5.41) is 10.7. The number of hydrogen-bond donors (Lipinski definition) is 0. The zero-order valence-electron chi connectivity index (χ0n) is 9.47. The summed E-state index contributed by atoms with van der Waals surface area (Å²) in [6.07, 6.45) is 2.35. The maximum Gasteiger partial charge on any atom is 0.270 e. The molecule has 1 aliphatic rings. The van der Waals surface area contributed by atoms with Gasteiger partial charge in [-0.15, -0.1) is 0 Å². The van der Waals surface area contributed by atoms with E-state index >= 15 is 0 Å². The number of carbonyl (C=O) groups is 1. The second kappa shape index (κ2) is 3.69. The SMILES string of the molecule is CC1(C)C=C(C=O)c2cc([N+](=O)[O-])ccc2O1. The first-order valence-electron chi connectivity index (χ1n) is 5.09. The van der Waals surface area contributed by atoms with Crippen molar-refractivity contribution in [3.63, 3.8) is 0 Å². The predicted octanol–water partition coefficient (Wildman–Crippen LogP) is 2.35. The van der Waals surface area contributed by atoms with Crippen LogP contribution < -0.4 is 4.74 Å². The van der Waals surface area contributed by atoms with Crippen LogP contribution in [-0.4, -0.2) is 16.8 Å². The van der Waals surface area contributed by atoms with E-state index in [1.165, 1.54) is 18.2 Å². The molecule has 0 saturated heterocycles. The summed E-state index contributed by atoms with van der Waals surface area (Å²) >= 11 is 0. The lowest BCUT2D eigenvalue weighted by atomic mass is 9.95. The van der Waals surface area contributed by atoms with Crippen LogP contribution in [0.15, 0.2) is 24.3 Å². The molecule has 0 spiro atoms. The number of nitro benzene ring substituents is 1. The lowest BCUT2D eigenvalue weighted by Crippen LogP contribution is -2.29. The Morgan fingerprint density at radius 1 is 1.41 bits per heavy atom. The lowest BCUT2D eigenvalue weighted by molar-refractivity contribution is -0.384. The van der Waals surface area contributed by atoms with E-state index < -0.39 is 10.5 Å². The molecule has 2 rings (SSSR count). The minimum absolute atomic E-state index is 0.0557. The molecule has 0 saturated carbocycles. The molecule has 0 atom stereocenters. The summed E-state index contributed by atoms with van der Waals surface area (Å²) in [4.78, 5) is 21.2. The minimum atomic E-state index is -0.584. The Balaban J connectivity index is 2.59. The molecule has 1 aromatic rings. The van der Waals surface area contributed by atoms with Crippen LogP contribution in [0.5, 0.6) is 5.75 Å². The van der Waals surface area contributed by atoms with Gasteiger partial charge in [-0.3, -0.25) is 14.9 Å². The number of hydrogen-bond acceptors (Lipinski definition) is 4. The second-order valence-corrected chi connectivity index (χ2v) is 4.36. The van der Waals surface area contributed by atoms with E-state index in [-0.39, 0.29) is 5.69 Å². The smallest absolute Gasteiger partial charge is 0.270 e. The van der Waals surface area contributed by atoms with Crippen LogP contribution in [-0.2, 0) is 4.79 Å². The van der Waals surface area contributed by atoms with Gasteiger partial charge >= 0.3 is 0 Å². The number of ether oxygens (including phenoxy) is 1. The summed E-state index contributed by atoms with van der Waals surface area (Å²) in [5.41, 5.74) is 0.243. The fourth-order valence-corrected chi connectivity index (χ4v) is 1.81. The van der Waals surface area contributed by atoms with Crippen molar-refractivity contribution in [1.82, 2.24) is 0 Å². The molecule has 0 amide bonds. The zero-order chi connectivity index (χ0) is 12.6. The van der Waals surface area contributed by atoms with Gasteiger partial charge in [0, 0.05) is 23.3 Å². The Labute approximate surface area is 97.9 Å². The molecular weight excluding hydrogens is 222 g/mol. The van der Waals surface area contributed by atoms with Gasteiger partial charge in [-0.1, -0.05) is 0 Å². The highest BCUT2D eigenvalue weighted by atomic mass is 16.6. The Hall–Kier alpha value is -2.17. The van der Waals surface area contributed by atoms with Crippen molar-refractivity contribution in [1.29, 1.82) is 0 Å². The number of fused-ring (bicyclic) bond motifs is 1. The van der Waals surface area contributed by atoms with Crippen LogP contribution >= 0.6 is 0 Å². The van der Waals surface area contributed by atoms with Gasteiger partial charge < -0.3 is 4.74 Å². The third-order valence-corrected chi connectivity index (χ3v) is 2.49. The number of aldehydes is 1. The molecule has 1 heterocycles. The van der Waals surface area contributed by atoms with Crippen molar-refractivity contribution in [2.24, 2.45) is 0 Å². The number of benzene rings is 1. The number of allylic oxidation sites excluding steroid dienone is 1. The van der Waals surface area contributed by atoms with Gasteiger partial charge in [0.2, 0.25) is 0 Å². The molecule has 5 heteroatoms. The van der Waals surface area contributed by atoms with E-state index in [0.717, 1.165) is 0 Å². The Morgan fingerprint density at radius 3 is 2.71 bits per heavy atom. The quantitative estimate of drug-likeness (QED) is 0.446. The maximum atomic E-state index is 11.0. The number of nitrogens with zero attached hydrogens (tertiary/aromatic N) is 1. The molecule has 17 heavy (non-hydrogen) atoms. The second-order valence-electron chi connectivity index (χ2n) is 4.36. The van der Waals surface area contributed by atoms with Crippen molar-refractivity contribution in [3.8, 4) is 5.75 Å². The van der Waals surface area contributed by atoms with Gasteiger partial charge in [-0.25, -0.2) is 0 Å². The first-order valence-corrected chi connectivity index (χ1v) is 5.09. The topological polar surface area (TPSA) is 69.4 Å². The summed E-state index contributed by atoms with van der Waals surface area (Å²) < 4.78 is 5.63. The van der Waals surface area contributed by atoms with Crippen molar-refractivity contribution < 1.29 is 14.5 Å². The molecular formula is C12H11NO4. The number of rotatable bonds is 2. The average Bonchev–Trinajstić information content (AvgIpc) is 2.26. The largest absolute Gasteiger partial charge is 0.483 e. The van der Waals surface area contributed by atoms with E-state index in [2.05, 4.69) is 0 Å². The Kier molecular flexibility index (Phi) is 2.46. The molecule has 0 unspecified atom stereocenters. The molecule has 0 N–H and O–H groups in total. The highest BCUT2D eigenvalue weighted by molar-refractivity contribution is 6.09. The number of non-ortho nitro benzene ring substituents is 1. The third kappa shape index (κ3) is 2.04. The molecule has 0 fully saturated rings. The molecule has 5 nitrogen and oxygen atoms in total. The van der Waals surface area contributed by atoms with Crippen LogP contribution in [0, 0.1) is 10.1 Å². The fourth-order valence-electron chi connectivity index (χ4n) is 1.81. The normalized spacial score (nSPS) is 16.5. The Morgan fingerprint density at radius 2 is 2.12 bits per heavy atom. The monoisotopic (exact) mass is 233 g/mol. The highest BCUT2D eigenvalue weighted by Gasteiger charge is 2.27. The van der Waals surface area contributed by atoms with Gasteiger partial charge in [0.1, 0.15) is 11.4 Å². The fraction of sp³-hybridized carbons (Fsp3) is 0.250. The molecule has 0 aliphatic carbocycles. The van der Waals surface area contributed by atoms with E-state index in [4.69, 9.17) is 4.74 Å². The van der Waals surface area contributed by atoms with Crippen LogP contribution in [0.1, 0.15) is 19.4 Å². The van der Waals surface area contributed by atoms with E-state index in [0.29, 0.717) is 23.2 Å². The van der Waals surface area contributed by atoms with Crippen LogP contribution in [0.2, 0.25) is 0 Å². The van der Waals surface area contributed by atoms with Gasteiger partial charge in [0.25, 0.3) is 5.69 Å². The number of carbonyl (C=O) groups excluding carboxylic acids is 1. The lowest BCUT2D eigenvalue weighted by Gasteiger charge is -2.29. The Bertz CT molecular complexity index is 531. The zero-order valence-corrected chi connectivity index (χ0v) is 9.47. The molecule has 0 aromatic heterocycles. The van der Waals surface area contributed by atoms with Crippen LogP contribution in [0.3, 0.4) is 0 Å². The molecule has 88 valence electrons. The molecule has 0 radical (unpaired) electrons. The summed E-state index contributed by atoms with van der Waals surface area (Å²) in [5.74, 6) is 0.491. The average molecular weight is 233 g/mol. The van der Waals surface area contributed by atoms with Gasteiger partial charge in [-0.05, 0) is 26.0 Å². The van der Waals surface area contributed by atoms with Gasteiger partial charge in [0.05, 0.1) is 4.92 Å². The van der Waals surface area contributed by atoms with E-state index in [1.807, 2.05) is 13.8 Å². The standard InChI is InChI=1S/C12H11NO4/c1-12(2)6-8(7-14)10-5-9(13(15)16)3-4-11(10)17-12/h3-7H,1-2H3. The van der Waals surface area contributed by atoms with Gasteiger partial charge in [0.15, 0.2) is 6.29 Å². The van der Waals surface area contributed by atoms with E-state index in [9.17, 15) is 14.9 Å². The minimum Gasteiger partial charge on any atom is -0.483 e. The van der Waals surface area contributed by atoms with Crippen LogP contribution in [0.4, 0.5) is 5.69 Å². The van der Waals surface area contributed by atoms with Crippen molar-refractivity contribution in [2.45, 2.75) is 19.4 Å². The first-order chi connectivity index (χ1) is 7.93. The summed E-state index contributed by atoms with van der Waals surface area (Å²) in [6.45, 7) is 3.64. The van der Waals surface area contributed by atoms with Crippen LogP contribution in [0.25, 0.3) is 5.57 Å². The highest BCUT2D eigenvalue weighted by Crippen LogP contribution is 2.37. The third-order valence-electron chi connectivity index (χ3n) is 2.49. The van der Waals surface area contributed by atoms with Crippen molar-refractivity contribution in [2.75, 3.05) is 0 Å². The summed E-state index contributed by atoms with van der Waals surface area (Å²) in [7, 11) is 0. The van der Waals surface area contributed by atoms with Crippen molar-refractivity contribution in [3.05, 3.63) is 40.0 Å². The number of nitro groups is 1. The molecule has 1 aliphatic heterocycles. The predicted molar refractivity (Wildman–Crippen MR) is 61.8 cm³/mol. The van der Waals surface area contributed by atoms with Gasteiger partial charge in [-0.2, -0.15) is 0 Å². The molecule has 1 aromatic carbocycles.